The summed E-state index contributed by atoms with van der Waals surface area (Å²) < 4.78 is 5.30. The number of ether oxygens (including phenoxy) is 1. The molecule has 1 aromatic carbocycles. The van der Waals surface area contributed by atoms with Crippen molar-refractivity contribution in [2.45, 2.75) is 37.9 Å². The molecule has 1 saturated heterocycles. The molecule has 0 saturated carbocycles. The Morgan fingerprint density at radius 3 is 3.04 bits per heavy atom. The lowest BCUT2D eigenvalue weighted by Crippen LogP contribution is -2.37. The highest BCUT2D eigenvalue weighted by atomic mass is 16.5. The van der Waals surface area contributed by atoms with Crippen molar-refractivity contribution in [2.75, 3.05) is 7.11 Å². The molecule has 126 valence electrons. The van der Waals surface area contributed by atoms with Gasteiger partial charge in [-0.15, -0.1) is 0 Å². The van der Waals surface area contributed by atoms with Crippen molar-refractivity contribution in [3.05, 3.63) is 65.6 Å². The first-order valence-corrected chi connectivity index (χ1v) is 8.95. The maximum absolute atomic E-state index is 5.30. The van der Waals surface area contributed by atoms with E-state index >= 15 is 0 Å². The number of methoxy groups -OCH3 is 1. The van der Waals surface area contributed by atoms with Crippen LogP contribution in [-0.4, -0.2) is 28.0 Å². The van der Waals surface area contributed by atoms with Crippen LogP contribution in [0.2, 0.25) is 0 Å². The second kappa shape index (κ2) is 5.81. The highest BCUT2D eigenvalue weighted by molar-refractivity contribution is 5.80. The first-order chi connectivity index (χ1) is 12.3. The molecule has 25 heavy (non-hydrogen) atoms. The molecule has 4 nitrogen and oxygen atoms in total. The van der Waals surface area contributed by atoms with E-state index < -0.39 is 0 Å². The monoisotopic (exact) mass is 331 g/mol. The summed E-state index contributed by atoms with van der Waals surface area (Å²) >= 11 is 0. The Hall–Kier alpha value is -2.46. The number of nitrogens with zero attached hydrogens (tertiary/aromatic N) is 3. The van der Waals surface area contributed by atoms with Gasteiger partial charge in [0.1, 0.15) is 5.75 Å². The van der Waals surface area contributed by atoms with E-state index in [1.807, 2.05) is 24.4 Å². The Morgan fingerprint density at radius 1 is 1.16 bits per heavy atom. The molecule has 0 amide bonds. The van der Waals surface area contributed by atoms with Gasteiger partial charge in [-0.1, -0.05) is 12.1 Å². The van der Waals surface area contributed by atoms with Crippen molar-refractivity contribution in [3.63, 3.8) is 0 Å². The van der Waals surface area contributed by atoms with Crippen LogP contribution in [0, 0.1) is 0 Å². The number of fused-ring (bicyclic) bond motifs is 5. The average Bonchev–Trinajstić information content (AvgIpc) is 2.93. The van der Waals surface area contributed by atoms with E-state index in [4.69, 9.17) is 9.72 Å². The smallest absolute Gasteiger partial charge is 0.119 e. The van der Waals surface area contributed by atoms with Crippen LogP contribution < -0.4 is 4.74 Å². The van der Waals surface area contributed by atoms with E-state index in [-0.39, 0.29) is 0 Å². The highest BCUT2D eigenvalue weighted by Gasteiger charge is 2.40. The maximum atomic E-state index is 5.30. The van der Waals surface area contributed by atoms with E-state index in [0.717, 1.165) is 35.3 Å². The fraction of sp³-hybridized carbons (Fsp3) is 0.333. The van der Waals surface area contributed by atoms with Gasteiger partial charge in [0.25, 0.3) is 0 Å². The predicted octanol–water partition coefficient (Wildman–Crippen LogP) is 3.90. The lowest BCUT2D eigenvalue weighted by molar-refractivity contribution is 0.164. The molecule has 1 fully saturated rings. The van der Waals surface area contributed by atoms with E-state index in [0.29, 0.717) is 12.1 Å². The van der Waals surface area contributed by atoms with Crippen molar-refractivity contribution in [2.24, 2.45) is 0 Å². The Balaban J connectivity index is 1.45. The van der Waals surface area contributed by atoms with Crippen molar-refractivity contribution in [1.29, 1.82) is 0 Å². The average molecular weight is 331 g/mol. The molecule has 2 aromatic heterocycles. The number of hydrogen-bond acceptors (Lipinski definition) is 4. The summed E-state index contributed by atoms with van der Waals surface area (Å²) in [5.74, 6) is 0.875. The second-order valence-electron chi connectivity index (χ2n) is 7.02. The van der Waals surface area contributed by atoms with Gasteiger partial charge in [-0.3, -0.25) is 14.9 Å². The van der Waals surface area contributed by atoms with E-state index in [2.05, 4.69) is 34.1 Å². The number of benzene rings is 1. The minimum absolute atomic E-state index is 0.496. The molecule has 0 aliphatic carbocycles. The van der Waals surface area contributed by atoms with Crippen molar-refractivity contribution >= 4 is 10.9 Å². The molecule has 0 radical (unpaired) electrons. The SMILES string of the molecule is COc1ccc2nc(CN3C4CCC3c3cccnc3C4)ccc2c1. The molecule has 0 spiro atoms. The molecule has 2 atom stereocenters. The summed E-state index contributed by atoms with van der Waals surface area (Å²) in [6, 6.07) is 15.8. The quantitative estimate of drug-likeness (QED) is 0.729. The Bertz CT molecular complexity index is 939. The van der Waals surface area contributed by atoms with Crippen LogP contribution in [0.15, 0.2) is 48.7 Å². The zero-order valence-corrected chi connectivity index (χ0v) is 14.4. The minimum Gasteiger partial charge on any atom is -0.497 e. The molecule has 3 aromatic rings. The Kier molecular flexibility index (Phi) is 3.45. The fourth-order valence-corrected chi connectivity index (χ4v) is 4.42. The zero-order valence-electron chi connectivity index (χ0n) is 14.4. The van der Waals surface area contributed by atoms with E-state index in [9.17, 15) is 0 Å². The van der Waals surface area contributed by atoms with Crippen LogP contribution in [0.4, 0.5) is 0 Å². The molecular weight excluding hydrogens is 310 g/mol. The summed E-state index contributed by atoms with van der Waals surface area (Å²) in [6.45, 7) is 0.908. The van der Waals surface area contributed by atoms with Crippen LogP contribution in [0.1, 0.15) is 35.8 Å². The van der Waals surface area contributed by atoms with Crippen molar-refractivity contribution in [3.8, 4) is 5.75 Å². The number of rotatable bonds is 3. The topological polar surface area (TPSA) is 38.2 Å². The van der Waals surface area contributed by atoms with Crippen LogP contribution in [0.5, 0.6) is 5.75 Å². The molecule has 2 aliphatic heterocycles. The molecule has 5 rings (SSSR count). The third-order valence-electron chi connectivity index (χ3n) is 5.65. The standard InChI is InChI=1S/C21H21N3O/c1-25-17-7-8-19-14(11-17)4-5-15(23-19)13-24-16-6-9-21(24)18-3-2-10-22-20(18)12-16/h2-5,7-8,10-11,16,21H,6,9,12-13H2,1H3. The number of pyridine rings is 2. The van der Waals surface area contributed by atoms with Gasteiger partial charge < -0.3 is 4.74 Å². The summed E-state index contributed by atoms with van der Waals surface area (Å²) in [7, 11) is 1.70. The first kappa shape index (κ1) is 14.8. The van der Waals surface area contributed by atoms with Gasteiger partial charge in [-0.2, -0.15) is 0 Å². The lowest BCUT2D eigenvalue weighted by Gasteiger charge is -2.35. The highest BCUT2D eigenvalue weighted by Crippen LogP contribution is 2.43. The predicted molar refractivity (Wildman–Crippen MR) is 97.5 cm³/mol. The van der Waals surface area contributed by atoms with Crippen LogP contribution in [0.25, 0.3) is 10.9 Å². The van der Waals surface area contributed by atoms with Gasteiger partial charge in [0, 0.05) is 42.3 Å². The van der Waals surface area contributed by atoms with Gasteiger partial charge in [0.15, 0.2) is 0 Å². The van der Waals surface area contributed by atoms with Gasteiger partial charge in [-0.25, -0.2) is 0 Å². The van der Waals surface area contributed by atoms with Gasteiger partial charge >= 0.3 is 0 Å². The van der Waals surface area contributed by atoms with Crippen LogP contribution >= 0.6 is 0 Å². The third kappa shape index (κ3) is 2.48. The van der Waals surface area contributed by atoms with Crippen molar-refractivity contribution < 1.29 is 4.74 Å². The van der Waals surface area contributed by atoms with E-state index in [1.54, 1.807) is 7.11 Å². The Morgan fingerprint density at radius 2 is 2.12 bits per heavy atom. The first-order valence-electron chi connectivity index (χ1n) is 8.95. The number of aromatic nitrogens is 2. The number of hydrogen-bond donors (Lipinski definition) is 0. The van der Waals surface area contributed by atoms with E-state index in [1.165, 1.54) is 24.1 Å². The normalized spacial score (nSPS) is 22.1. The van der Waals surface area contributed by atoms with Gasteiger partial charge in [0.05, 0.1) is 18.3 Å². The van der Waals surface area contributed by atoms with Gasteiger partial charge in [0.2, 0.25) is 0 Å². The molecule has 2 unspecified atom stereocenters. The largest absolute Gasteiger partial charge is 0.497 e. The molecule has 4 heterocycles. The molecule has 0 N–H and O–H groups in total. The molecule has 2 bridgehead atoms. The zero-order chi connectivity index (χ0) is 16.8. The summed E-state index contributed by atoms with van der Waals surface area (Å²) in [5.41, 5.74) is 4.89. The molecule has 4 heteroatoms. The fourth-order valence-electron chi connectivity index (χ4n) is 4.42. The summed E-state index contributed by atoms with van der Waals surface area (Å²) in [5, 5.41) is 1.12. The minimum atomic E-state index is 0.496. The van der Waals surface area contributed by atoms with Crippen LogP contribution in [-0.2, 0) is 13.0 Å². The Labute approximate surface area is 147 Å². The molecular formula is C21H21N3O. The third-order valence-corrected chi connectivity index (χ3v) is 5.65. The second-order valence-corrected chi connectivity index (χ2v) is 7.02. The van der Waals surface area contributed by atoms with Crippen molar-refractivity contribution in [1.82, 2.24) is 14.9 Å². The summed E-state index contributed by atoms with van der Waals surface area (Å²) in [6.07, 6.45) is 5.48. The molecule has 2 aliphatic rings. The van der Waals surface area contributed by atoms with Crippen LogP contribution in [0.3, 0.4) is 0 Å². The van der Waals surface area contributed by atoms with Gasteiger partial charge in [-0.05, 0) is 48.7 Å². The summed E-state index contributed by atoms with van der Waals surface area (Å²) in [4.78, 5) is 12.1. The lowest BCUT2D eigenvalue weighted by atomic mass is 9.97. The maximum Gasteiger partial charge on any atom is 0.119 e.